The smallest absolute Gasteiger partial charge is 0.109 e. The molecule has 2 N–H and O–H groups in total. The highest BCUT2D eigenvalue weighted by molar-refractivity contribution is 7.09. The maximum atomic E-state index is 9.45. The molecule has 0 aliphatic carbocycles. The predicted octanol–water partition coefficient (Wildman–Crippen LogP) is 2.53. The quantitative estimate of drug-likeness (QED) is 0.854. The van der Waals surface area contributed by atoms with Crippen LogP contribution in [0.4, 0.5) is 0 Å². The second-order valence-electron chi connectivity index (χ2n) is 3.90. The van der Waals surface area contributed by atoms with E-state index in [0.29, 0.717) is 0 Å². The molecule has 0 saturated heterocycles. The molecule has 0 aliphatic rings. The third-order valence-corrected chi connectivity index (χ3v) is 3.62. The van der Waals surface area contributed by atoms with Gasteiger partial charge in [-0.3, -0.25) is 5.32 Å². The lowest BCUT2D eigenvalue weighted by Crippen LogP contribution is -2.27. The Hall–Kier alpha value is -1.23. The second-order valence-corrected chi connectivity index (χ2v) is 4.83. The fourth-order valence-corrected chi connectivity index (χ4v) is 2.42. The Morgan fingerprint density at radius 3 is 2.71 bits per heavy atom. The molecule has 0 saturated carbocycles. The minimum Gasteiger partial charge on any atom is -0.394 e. The molecule has 1 unspecified atom stereocenters. The van der Waals surface area contributed by atoms with Crippen LogP contribution >= 0.6 is 11.3 Å². The number of aliphatic hydroxyl groups is 1. The Morgan fingerprint density at radius 1 is 1.35 bits per heavy atom. The SMILES string of the molecule is CC(N[C@H](CO)c1ccccc1)c1nccs1. The van der Waals surface area contributed by atoms with E-state index in [9.17, 15) is 5.11 Å². The molecule has 90 valence electrons. The van der Waals surface area contributed by atoms with Gasteiger partial charge in [0.15, 0.2) is 0 Å². The molecule has 0 bridgehead atoms. The van der Waals surface area contributed by atoms with Crippen molar-refractivity contribution in [3.05, 3.63) is 52.5 Å². The van der Waals surface area contributed by atoms with Gasteiger partial charge in [0.2, 0.25) is 0 Å². The Morgan fingerprint density at radius 2 is 2.12 bits per heavy atom. The molecule has 0 spiro atoms. The molecular formula is C13H16N2OS. The second kappa shape index (κ2) is 5.91. The summed E-state index contributed by atoms with van der Waals surface area (Å²) in [5, 5.41) is 15.8. The maximum absolute atomic E-state index is 9.45. The molecule has 0 fully saturated rings. The van der Waals surface area contributed by atoms with Crippen molar-refractivity contribution >= 4 is 11.3 Å². The lowest BCUT2D eigenvalue weighted by Gasteiger charge is -2.20. The Kier molecular flexibility index (Phi) is 4.25. The van der Waals surface area contributed by atoms with Gasteiger partial charge in [-0.2, -0.15) is 0 Å². The first-order chi connectivity index (χ1) is 8.31. The van der Waals surface area contributed by atoms with Gasteiger partial charge in [0.1, 0.15) is 5.01 Å². The lowest BCUT2D eigenvalue weighted by atomic mass is 10.1. The van der Waals surface area contributed by atoms with Gasteiger partial charge in [0.05, 0.1) is 18.7 Å². The Bertz CT molecular complexity index is 430. The average Bonchev–Trinajstić information content (AvgIpc) is 2.90. The van der Waals surface area contributed by atoms with Gasteiger partial charge in [0, 0.05) is 11.6 Å². The number of hydrogen-bond acceptors (Lipinski definition) is 4. The summed E-state index contributed by atoms with van der Waals surface area (Å²) in [6.07, 6.45) is 1.80. The molecule has 2 aromatic rings. The van der Waals surface area contributed by atoms with E-state index in [1.807, 2.05) is 35.7 Å². The van der Waals surface area contributed by atoms with Crippen molar-refractivity contribution in [2.45, 2.75) is 19.0 Å². The topological polar surface area (TPSA) is 45.1 Å². The number of aromatic nitrogens is 1. The van der Waals surface area contributed by atoms with Crippen LogP contribution in [0.5, 0.6) is 0 Å². The number of nitrogens with zero attached hydrogens (tertiary/aromatic N) is 1. The van der Waals surface area contributed by atoms with E-state index in [-0.39, 0.29) is 18.7 Å². The maximum Gasteiger partial charge on any atom is 0.109 e. The summed E-state index contributed by atoms with van der Waals surface area (Å²) in [4.78, 5) is 4.27. The van der Waals surface area contributed by atoms with Crippen LogP contribution in [0, 0.1) is 0 Å². The zero-order valence-electron chi connectivity index (χ0n) is 9.71. The zero-order valence-corrected chi connectivity index (χ0v) is 10.5. The number of rotatable bonds is 5. The van der Waals surface area contributed by atoms with E-state index in [4.69, 9.17) is 0 Å². The standard InChI is InChI=1S/C13H16N2OS/c1-10(13-14-7-8-17-13)15-12(9-16)11-5-3-2-4-6-11/h2-8,10,12,15-16H,9H2,1H3/t10?,12-/m1/s1. The summed E-state index contributed by atoms with van der Waals surface area (Å²) in [6, 6.07) is 10.1. The van der Waals surface area contributed by atoms with Gasteiger partial charge in [-0.1, -0.05) is 30.3 Å². The van der Waals surface area contributed by atoms with Crippen molar-refractivity contribution < 1.29 is 5.11 Å². The van der Waals surface area contributed by atoms with Crippen LogP contribution in [-0.4, -0.2) is 16.7 Å². The first-order valence-corrected chi connectivity index (χ1v) is 6.50. The van der Waals surface area contributed by atoms with E-state index >= 15 is 0 Å². The third-order valence-electron chi connectivity index (χ3n) is 2.66. The molecule has 0 aliphatic heterocycles. The zero-order chi connectivity index (χ0) is 12.1. The number of aliphatic hydroxyl groups excluding tert-OH is 1. The molecule has 2 atom stereocenters. The van der Waals surface area contributed by atoms with Gasteiger partial charge in [-0.15, -0.1) is 11.3 Å². The van der Waals surface area contributed by atoms with Gasteiger partial charge >= 0.3 is 0 Å². The average molecular weight is 248 g/mol. The fraction of sp³-hybridized carbons (Fsp3) is 0.308. The third kappa shape index (κ3) is 3.12. The number of hydrogen-bond donors (Lipinski definition) is 2. The van der Waals surface area contributed by atoms with E-state index < -0.39 is 0 Å². The summed E-state index contributed by atoms with van der Waals surface area (Å²) in [5.41, 5.74) is 1.10. The summed E-state index contributed by atoms with van der Waals surface area (Å²) < 4.78 is 0. The molecule has 1 aromatic carbocycles. The van der Waals surface area contributed by atoms with E-state index in [1.54, 1.807) is 17.5 Å². The van der Waals surface area contributed by atoms with Gasteiger partial charge < -0.3 is 5.11 Å². The monoisotopic (exact) mass is 248 g/mol. The van der Waals surface area contributed by atoms with Crippen LogP contribution in [0.15, 0.2) is 41.9 Å². The fourth-order valence-electron chi connectivity index (χ4n) is 1.76. The minimum absolute atomic E-state index is 0.0462. The van der Waals surface area contributed by atoms with Gasteiger partial charge in [0.25, 0.3) is 0 Å². The number of thiazole rings is 1. The van der Waals surface area contributed by atoms with Crippen molar-refractivity contribution in [1.82, 2.24) is 10.3 Å². The largest absolute Gasteiger partial charge is 0.394 e. The summed E-state index contributed by atoms with van der Waals surface area (Å²) in [6.45, 7) is 2.14. The van der Waals surface area contributed by atoms with Crippen LogP contribution in [0.25, 0.3) is 0 Å². The lowest BCUT2D eigenvalue weighted by molar-refractivity contribution is 0.235. The van der Waals surface area contributed by atoms with E-state index in [0.717, 1.165) is 10.6 Å². The molecule has 0 amide bonds. The first-order valence-electron chi connectivity index (χ1n) is 5.62. The molecule has 2 rings (SSSR count). The van der Waals surface area contributed by atoms with Crippen LogP contribution in [0.1, 0.15) is 29.6 Å². The van der Waals surface area contributed by atoms with Crippen LogP contribution in [0.3, 0.4) is 0 Å². The highest BCUT2D eigenvalue weighted by Crippen LogP contribution is 2.20. The normalized spacial score (nSPS) is 14.5. The predicted molar refractivity (Wildman–Crippen MR) is 69.9 cm³/mol. The summed E-state index contributed by atoms with van der Waals surface area (Å²) in [5.74, 6) is 0. The molecule has 1 heterocycles. The van der Waals surface area contributed by atoms with Crippen LogP contribution in [0.2, 0.25) is 0 Å². The number of nitrogens with one attached hydrogen (secondary N) is 1. The van der Waals surface area contributed by atoms with Gasteiger partial charge in [-0.25, -0.2) is 4.98 Å². The Labute approximate surface area is 105 Å². The summed E-state index contributed by atoms with van der Waals surface area (Å²) >= 11 is 1.62. The highest BCUT2D eigenvalue weighted by atomic mass is 32.1. The van der Waals surface area contributed by atoms with E-state index in [1.165, 1.54) is 0 Å². The molecule has 0 radical (unpaired) electrons. The van der Waals surface area contributed by atoms with Crippen LogP contribution in [-0.2, 0) is 0 Å². The van der Waals surface area contributed by atoms with Crippen molar-refractivity contribution in [3.63, 3.8) is 0 Å². The minimum atomic E-state index is -0.0462. The molecular weight excluding hydrogens is 232 g/mol. The van der Waals surface area contributed by atoms with Crippen molar-refractivity contribution in [2.24, 2.45) is 0 Å². The molecule has 4 heteroatoms. The first kappa shape index (κ1) is 12.2. The van der Waals surface area contributed by atoms with Crippen molar-refractivity contribution in [3.8, 4) is 0 Å². The molecule has 3 nitrogen and oxygen atoms in total. The Balaban J connectivity index is 2.06. The van der Waals surface area contributed by atoms with Crippen molar-refractivity contribution in [2.75, 3.05) is 6.61 Å². The molecule has 1 aromatic heterocycles. The summed E-state index contributed by atoms with van der Waals surface area (Å²) in [7, 11) is 0. The van der Waals surface area contributed by atoms with Crippen LogP contribution < -0.4 is 5.32 Å². The van der Waals surface area contributed by atoms with Crippen molar-refractivity contribution in [1.29, 1.82) is 0 Å². The highest BCUT2D eigenvalue weighted by Gasteiger charge is 2.15. The number of benzene rings is 1. The van der Waals surface area contributed by atoms with E-state index in [2.05, 4.69) is 17.2 Å². The van der Waals surface area contributed by atoms with Gasteiger partial charge in [-0.05, 0) is 12.5 Å². The molecule has 17 heavy (non-hydrogen) atoms.